The number of nitrogens with zero attached hydrogens (tertiary/aromatic N) is 3. The van der Waals surface area contributed by atoms with Crippen LogP contribution in [0, 0.1) is 0 Å². The molecule has 1 aromatic heterocycles. The number of benzene rings is 2. The van der Waals surface area contributed by atoms with Gasteiger partial charge in [0.2, 0.25) is 5.88 Å². The summed E-state index contributed by atoms with van der Waals surface area (Å²) in [6, 6.07) is 8.93. The van der Waals surface area contributed by atoms with E-state index in [9.17, 15) is 4.79 Å². The Morgan fingerprint density at radius 2 is 1.83 bits per heavy atom. The maximum absolute atomic E-state index is 12.5. The third-order valence-electron chi connectivity index (χ3n) is 4.56. The Labute approximate surface area is 184 Å². The van der Waals surface area contributed by atoms with Crippen molar-refractivity contribution in [1.82, 2.24) is 14.9 Å². The van der Waals surface area contributed by atoms with Crippen molar-refractivity contribution in [3.63, 3.8) is 0 Å². The second-order valence-corrected chi connectivity index (χ2v) is 7.35. The molecule has 7 nitrogen and oxygen atoms in total. The summed E-state index contributed by atoms with van der Waals surface area (Å²) in [6.45, 7) is 0.346. The fraction of sp³-hybridized carbons (Fsp3) is 0.286. The van der Waals surface area contributed by atoms with Crippen LogP contribution in [0.3, 0.4) is 0 Å². The van der Waals surface area contributed by atoms with Crippen LogP contribution in [0.1, 0.15) is 5.56 Å². The molecule has 0 bridgehead atoms. The predicted molar refractivity (Wildman–Crippen MR) is 116 cm³/mol. The summed E-state index contributed by atoms with van der Waals surface area (Å²) in [5, 5.41) is 1.38. The molecule has 3 rings (SSSR count). The maximum Gasteiger partial charge on any atom is 0.260 e. The van der Waals surface area contributed by atoms with Crippen molar-refractivity contribution in [1.29, 1.82) is 0 Å². The van der Waals surface area contributed by atoms with Gasteiger partial charge < -0.3 is 19.1 Å². The highest BCUT2D eigenvalue weighted by Crippen LogP contribution is 2.31. The van der Waals surface area contributed by atoms with Crippen molar-refractivity contribution in [3.05, 3.63) is 52.3 Å². The Balaban J connectivity index is 1.61. The van der Waals surface area contributed by atoms with Crippen LogP contribution < -0.4 is 14.2 Å². The second-order valence-electron chi connectivity index (χ2n) is 6.51. The number of carbonyl (C=O) groups excluding carboxylic acids is 1. The Hall–Kier alpha value is -2.77. The third kappa shape index (κ3) is 5.04. The summed E-state index contributed by atoms with van der Waals surface area (Å²) in [5.41, 5.74) is 1.54. The minimum absolute atomic E-state index is 0.168. The molecule has 0 spiro atoms. The van der Waals surface area contributed by atoms with Crippen LogP contribution in [0.5, 0.6) is 17.4 Å². The topological polar surface area (TPSA) is 73.8 Å². The molecule has 2 aromatic carbocycles. The SMILES string of the molecule is COc1ccc(CCN(C)C(=O)COc2ncnc3c(Cl)cc(Cl)cc23)cc1OC. The van der Waals surface area contributed by atoms with Crippen LogP contribution in [0.4, 0.5) is 0 Å². The number of rotatable bonds is 8. The van der Waals surface area contributed by atoms with Gasteiger partial charge in [0.05, 0.1) is 30.1 Å². The molecule has 0 unspecified atom stereocenters. The van der Waals surface area contributed by atoms with E-state index in [1.165, 1.54) is 6.33 Å². The molecule has 1 amide bonds. The van der Waals surface area contributed by atoms with Gasteiger partial charge in [0, 0.05) is 18.6 Å². The fourth-order valence-electron chi connectivity index (χ4n) is 2.88. The maximum atomic E-state index is 12.5. The van der Waals surface area contributed by atoms with E-state index in [-0.39, 0.29) is 18.4 Å². The van der Waals surface area contributed by atoms with Gasteiger partial charge in [0.15, 0.2) is 18.1 Å². The van der Waals surface area contributed by atoms with E-state index in [0.29, 0.717) is 45.4 Å². The highest BCUT2D eigenvalue weighted by Gasteiger charge is 2.14. The van der Waals surface area contributed by atoms with Gasteiger partial charge in [0.1, 0.15) is 6.33 Å². The molecule has 0 aliphatic heterocycles. The fourth-order valence-corrected chi connectivity index (χ4v) is 3.42. The molecule has 0 aliphatic rings. The lowest BCUT2D eigenvalue weighted by atomic mass is 10.1. The number of hydrogen-bond donors (Lipinski definition) is 0. The number of amides is 1. The van der Waals surface area contributed by atoms with E-state index >= 15 is 0 Å². The van der Waals surface area contributed by atoms with Crippen molar-refractivity contribution < 1.29 is 19.0 Å². The van der Waals surface area contributed by atoms with E-state index in [2.05, 4.69) is 9.97 Å². The highest BCUT2D eigenvalue weighted by molar-refractivity contribution is 6.38. The van der Waals surface area contributed by atoms with Crippen LogP contribution in [-0.2, 0) is 11.2 Å². The van der Waals surface area contributed by atoms with Crippen molar-refractivity contribution in [2.45, 2.75) is 6.42 Å². The Kier molecular flexibility index (Phi) is 7.18. The van der Waals surface area contributed by atoms with E-state index in [1.807, 2.05) is 18.2 Å². The van der Waals surface area contributed by atoms with E-state index in [4.69, 9.17) is 37.4 Å². The normalized spacial score (nSPS) is 10.7. The van der Waals surface area contributed by atoms with Gasteiger partial charge in [-0.25, -0.2) is 9.97 Å². The number of aromatic nitrogens is 2. The number of fused-ring (bicyclic) bond motifs is 1. The first-order valence-electron chi connectivity index (χ1n) is 9.10. The van der Waals surface area contributed by atoms with Crippen LogP contribution in [0.2, 0.25) is 10.0 Å². The van der Waals surface area contributed by atoms with E-state index < -0.39 is 0 Å². The second kappa shape index (κ2) is 9.82. The molecule has 3 aromatic rings. The zero-order valence-corrected chi connectivity index (χ0v) is 18.3. The van der Waals surface area contributed by atoms with E-state index in [0.717, 1.165) is 5.56 Å². The number of halogens is 2. The van der Waals surface area contributed by atoms with Crippen molar-refractivity contribution in [3.8, 4) is 17.4 Å². The average Bonchev–Trinajstić information content (AvgIpc) is 2.75. The Morgan fingerprint density at radius 1 is 1.07 bits per heavy atom. The highest BCUT2D eigenvalue weighted by atomic mass is 35.5. The number of methoxy groups -OCH3 is 2. The molecule has 0 saturated heterocycles. The van der Waals surface area contributed by atoms with Gasteiger partial charge in [-0.3, -0.25) is 4.79 Å². The van der Waals surface area contributed by atoms with Crippen LogP contribution in [0.25, 0.3) is 10.9 Å². The molecular formula is C21H21Cl2N3O4. The first kappa shape index (κ1) is 21.9. The van der Waals surface area contributed by atoms with E-state index in [1.54, 1.807) is 38.3 Å². The first-order chi connectivity index (χ1) is 14.4. The third-order valence-corrected chi connectivity index (χ3v) is 5.07. The molecular weight excluding hydrogens is 429 g/mol. The molecule has 0 saturated carbocycles. The summed E-state index contributed by atoms with van der Waals surface area (Å²) < 4.78 is 16.2. The Bertz CT molecular complexity index is 1060. The molecule has 0 fully saturated rings. The summed E-state index contributed by atoms with van der Waals surface area (Å²) in [5.74, 6) is 1.39. The van der Waals surface area contributed by atoms with Crippen LogP contribution >= 0.6 is 23.2 Å². The molecule has 0 atom stereocenters. The summed E-state index contributed by atoms with van der Waals surface area (Å²) >= 11 is 12.2. The van der Waals surface area contributed by atoms with Gasteiger partial charge in [0.25, 0.3) is 5.91 Å². The number of ether oxygens (including phenoxy) is 3. The zero-order chi connectivity index (χ0) is 21.7. The predicted octanol–water partition coefficient (Wildman–Crippen LogP) is 4.03. The largest absolute Gasteiger partial charge is 0.493 e. The van der Waals surface area contributed by atoms with Gasteiger partial charge in [-0.05, 0) is 36.2 Å². The molecule has 0 radical (unpaired) electrons. The molecule has 30 heavy (non-hydrogen) atoms. The molecule has 158 valence electrons. The first-order valence-corrected chi connectivity index (χ1v) is 9.86. The number of carbonyl (C=O) groups is 1. The van der Waals surface area contributed by atoms with Gasteiger partial charge >= 0.3 is 0 Å². The lowest BCUT2D eigenvalue weighted by molar-refractivity contribution is -0.132. The van der Waals surface area contributed by atoms with Gasteiger partial charge in [-0.1, -0.05) is 29.3 Å². The van der Waals surface area contributed by atoms with Crippen molar-refractivity contribution in [2.24, 2.45) is 0 Å². The standard InChI is InChI=1S/C21H21Cl2N3O4/c1-26(7-6-13-4-5-17(28-2)18(8-13)29-3)19(27)11-30-21-15-9-14(22)10-16(23)20(15)24-12-25-21/h4-5,8-10,12H,6-7,11H2,1-3H3. The average molecular weight is 450 g/mol. The van der Waals surface area contributed by atoms with Gasteiger partial charge in [-0.15, -0.1) is 0 Å². The summed E-state index contributed by atoms with van der Waals surface area (Å²) in [4.78, 5) is 22.3. The molecule has 0 N–H and O–H groups in total. The molecule has 0 aliphatic carbocycles. The molecule has 9 heteroatoms. The smallest absolute Gasteiger partial charge is 0.260 e. The Morgan fingerprint density at radius 3 is 2.57 bits per heavy atom. The minimum Gasteiger partial charge on any atom is -0.493 e. The van der Waals surface area contributed by atoms with Crippen molar-refractivity contribution in [2.75, 3.05) is 34.4 Å². The monoisotopic (exact) mass is 449 g/mol. The quantitative estimate of drug-likeness (QED) is 0.516. The van der Waals surface area contributed by atoms with Crippen LogP contribution in [-0.4, -0.2) is 55.2 Å². The minimum atomic E-state index is -0.185. The molecule has 1 heterocycles. The van der Waals surface area contributed by atoms with Crippen molar-refractivity contribution >= 4 is 40.0 Å². The number of hydrogen-bond acceptors (Lipinski definition) is 6. The lowest BCUT2D eigenvalue weighted by Crippen LogP contribution is -2.33. The summed E-state index contributed by atoms with van der Waals surface area (Å²) in [6.07, 6.45) is 1.99. The van der Waals surface area contributed by atoms with Gasteiger partial charge in [-0.2, -0.15) is 0 Å². The number of likely N-dealkylation sites (N-methyl/N-ethyl adjacent to an activating group) is 1. The zero-order valence-electron chi connectivity index (χ0n) is 16.8. The lowest BCUT2D eigenvalue weighted by Gasteiger charge is -2.18. The van der Waals surface area contributed by atoms with Crippen LogP contribution in [0.15, 0.2) is 36.7 Å². The summed E-state index contributed by atoms with van der Waals surface area (Å²) in [7, 11) is 4.90.